The quantitative estimate of drug-likeness (QED) is 0.103. The number of anilines is 2. The van der Waals surface area contributed by atoms with Gasteiger partial charge in [0.15, 0.2) is 17.4 Å². The number of para-hydroxylation sites is 1. The maximum atomic E-state index is 15.6. The molecule has 3 heterocycles. The summed E-state index contributed by atoms with van der Waals surface area (Å²) in [7, 11) is 0. The van der Waals surface area contributed by atoms with Gasteiger partial charge in [0, 0.05) is 24.5 Å². The molecule has 3 aromatic carbocycles. The standard InChI is InChI=1S/C54H67FN6O11/c1-32-27-35(21-22-42(32)68-43-20-15-14-19-38(43)55)61-46(60(49(65)71-53(8,9)10)50(66)72-54(11,12)13)37(31-56-61)45(62)41-28-33-29-44(67-36-23-25-58(26-24-36)34-17-16-18-34)39(57-47(63)69-51(2,3)4)30-40(33)59(41)48(64)70-52(5,6)7/h14-15,19-22,27-31,34,36H,16-18,23-26H2,1-13H3,(H,57,63). The van der Waals surface area contributed by atoms with Gasteiger partial charge in [-0.05, 0) is 170 Å². The molecule has 0 unspecified atom stereocenters. The molecule has 72 heavy (non-hydrogen) atoms. The molecule has 386 valence electrons. The molecule has 0 bridgehead atoms. The zero-order chi connectivity index (χ0) is 52.7. The number of aryl methyl sites for hydroxylation is 1. The number of fused-ring (bicyclic) bond motifs is 1. The van der Waals surface area contributed by atoms with E-state index in [9.17, 15) is 23.6 Å². The van der Waals surface area contributed by atoms with Crippen molar-refractivity contribution in [2.75, 3.05) is 23.3 Å². The monoisotopic (exact) mass is 994 g/mol. The van der Waals surface area contributed by atoms with Crippen LogP contribution in [0, 0.1) is 12.7 Å². The largest absolute Gasteiger partial charge is 0.488 e. The van der Waals surface area contributed by atoms with Gasteiger partial charge in [0.2, 0.25) is 5.78 Å². The van der Waals surface area contributed by atoms with Crippen molar-refractivity contribution in [3.05, 3.63) is 89.5 Å². The summed E-state index contributed by atoms with van der Waals surface area (Å²) in [6.07, 6.45) is 1.90. The number of nitrogens with one attached hydrogen (secondary N) is 1. The molecule has 18 heteroatoms. The topological polar surface area (TPSA) is 182 Å². The Bertz CT molecular complexity index is 2840. The second-order valence-electron chi connectivity index (χ2n) is 22.2. The molecule has 2 aliphatic rings. The van der Waals surface area contributed by atoms with Crippen LogP contribution < -0.4 is 19.7 Å². The normalized spacial score (nSPS) is 15.1. The van der Waals surface area contributed by atoms with Crippen molar-refractivity contribution in [1.29, 1.82) is 0 Å². The van der Waals surface area contributed by atoms with Crippen molar-refractivity contribution >= 4 is 52.6 Å². The number of ketones is 1. The zero-order valence-corrected chi connectivity index (χ0v) is 43.6. The summed E-state index contributed by atoms with van der Waals surface area (Å²) < 4.78 is 52.7. The number of piperidine rings is 1. The fourth-order valence-electron chi connectivity index (χ4n) is 8.24. The maximum Gasteiger partial charge on any atom is 0.425 e. The lowest BCUT2D eigenvalue weighted by molar-refractivity contribution is 0.0424. The molecule has 7 rings (SSSR count). The predicted molar refractivity (Wildman–Crippen MR) is 269 cm³/mol. The van der Waals surface area contributed by atoms with Crippen molar-refractivity contribution in [2.24, 2.45) is 0 Å². The highest BCUT2D eigenvalue weighted by molar-refractivity contribution is 6.20. The molecular formula is C54H67FN6O11. The third-order valence-corrected chi connectivity index (χ3v) is 11.5. The lowest BCUT2D eigenvalue weighted by atomic mass is 9.90. The average Bonchev–Trinajstić information content (AvgIpc) is 3.81. The Kier molecular flexibility index (Phi) is 14.9. The number of hydrogen-bond donors (Lipinski definition) is 1. The van der Waals surface area contributed by atoms with E-state index in [2.05, 4.69) is 15.3 Å². The van der Waals surface area contributed by atoms with Crippen LogP contribution >= 0.6 is 0 Å². The average molecular weight is 995 g/mol. The van der Waals surface area contributed by atoms with Crippen molar-refractivity contribution in [2.45, 2.75) is 157 Å². The molecule has 2 fully saturated rings. The molecular weight excluding hydrogens is 928 g/mol. The first kappa shape index (κ1) is 52.9. The van der Waals surface area contributed by atoms with Crippen molar-refractivity contribution in [3.8, 4) is 22.9 Å². The van der Waals surface area contributed by atoms with Gasteiger partial charge in [0.05, 0.1) is 28.7 Å². The van der Waals surface area contributed by atoms with Crippen LogP contribution in [0.5, 0.6) is 17.2 Å². The van der Waals surface area contributed by atoms with Gasteiger partial charge in [-0.25, -0.2) is 32.8 Å². The van der Waals surface area contributed by atoms with Gasteiger partial charge in [-0.15, -0.1) is 0 Å². The summed E-state index contributed by atoms with van der Waals surface area (Å²) in [5.41, 5.74) is -3.72. The fourth-order valence-corrected chi connectivity index (χ4v) is 8.24. The number of aromatic nitrogens is 3. The van der Waals surface area contributed by atoms with Crippen molar-refractivity contribution < 1.29 is 56.8 Å². The molecule has 3 amide bonds. The molecule has 1 saturated heterocycles. The first-order valence-corrected chi connectivity index (χ1v) is 24.3. The summed E-state index contributed by atoms with van der Waals surface area (Å²) in [5, 5.41) is 7.74. The third-order valence-electron chi connectivity index (χ3n) is 11.5. The van der Waals surface area contributed by atoms with Crippen LogP contribution in [-0.2, 0) is 18.9 Å². The molecule has 17 nitrogen and oxygen atoms in total. The number of amides is 3. The van der Waals surface area contributed by atoms with Gasteiger partial charge in [0.25, 0.3) is 0 Å². The van der Waals surface area contributed by atoms with Gasteiger partial charge in [-0.1, -0.05) is 18.6 Å². The molecule has 1 aliphatic carbocycles. The number of nitrogens with zero attached hydrogens (tertiary/aromatic N) is 5. The van der Waals surface area contributed by atoms with E-state index >= 15 is 4.79 Å². The maximum absolute atomic E-state index is 15.6. The number of hydrogen-bond acceptors (Lipinski definition) is 13. The van der Waals surface area contributed by atoms with Crippen LogP contribution in [-0.4, -0.2) is 97.0 Å². The molecule has 0 spiro atoms. The number of halogens is 1. The highest BCUT2D eigenvalue weighted by Crippen LogP contribution is 2.39. The third kappa shape index (κ3) is 12.7. The SMILES string of the molecule is Cc1cc(-n2ncc(C(=O)c3cc4cc(OC5CCN(C6CCC6)CC5)c(NC(=O)OC(C)(C)C)cc4n3C(=O)OC(C)(C)C)c2N(C(=O)OC(C)(C)C)C(=O)OC(C)(C)C)ccc1Oc1ccccc1F. The van der Waals surface area contributed by atoms with Crippen molar-refractivity contribution in [1.82, 2.24) is 19.2 Å². The Morgan fingerprint density at radius 1 is 0.708 bits per heavy atom. The highest BCUT2D eigenvalue weighted by atomic mass is 19.1. The smallest absolute Gasteiger partial charge is 0.425 e. The molecule has 1 saturated carbocycles. The zero-order valence-electron chi connectivity index (χ0n) is 43.6. The molecule has 0 radical (unpaired) electrons. The van der Waals surface area contributed by atoms with Crippen LogP contribution in [0.4, 0.5) is 35.1 Å². The van der Waals surface area contributed by atoms with E-state index in [1.54, 1.807) is 120 Å². The van der Waals surface area contributed by atoms with Gasteiger partial charge < -0.3 is 33.3 Å². The molecule has 5 aromatic rings. The summed E-state index contributed by atoms with van der Waals surface area (Å²) >= 11 is 0. The van der Waals surface area contributed by atoms with E-state index in [4.69, 9.17) is 28.4 Å². The van der Waals surface area contributed by atoms with E-state index in [-0.39, 0.29) is 51.5 Å². The highest BCUT2D eigenvalue weighted by Gasteiger charge is 2.40. The fraction of sp³-hybridized carbons (Fsp3) is 0.481. The molecule has 0 atom stereocenters. The Labute approximate surface area is 419 Å². The van der Waals surface area contributed by atoms with E-state index in [1.165, 1.54) is 54.3 Å². The summed E-state index contributed by atoms with van der Waals surface area (Å²) in [5.74, 6) is -1.29. The first-order chi connectivity index (χ1) is 33.5. The number of likely N-dealkylation sites (tertiary alicyclic amines) is 1. The Hall–Kier alpha value is -6.95. The molecule has 2 aromatic heterocycles. The second kappa shape index (κ2) is 20.3. The van der Waals surface area contributed by atoms with Crippen molar-refractivity contribution in [3.63, 3.8) is 0 Å². The second-order valence-corrected chi connectivity index (χ2v) is 22.2. The van der Waals surface area contributed by atoms with E-state index in [0.717, 1.165) is 36.7 Å². The van der Waals surface area contributed by atoms with Gasteiger partial charge in [-0.3, -0.25) is 10.1 Å². The minimum atomic E-state index is -1.20. The molecule has 1 N–H and O–H groups in total. The minimum absolute atomic E-state index is 0.0154. The number of imide groups is 1. The van der Waals surface area contributed by atoms with E-state index < -0.39 is 64.2 Å². The lowest BCUT2D eigenvalue weighted by Crippen LogP contribution is -2.46. The number of carbonyl (C=O) groups excluding carboxylic acids is 5. The van der Waals surface area contributed by atoms with E-state index in [1.807, 2.05) is 0 Å². The van der Waals surface area contributed by atoms with Gasteiger partial charge in [0.1, 0.15) is 45.7 Å². The van der Waals surface area contributed by atoms with Gasteiger partial charge >= 0.3 is 24.4 Å². The summed E-state index contributed by atoms with van der Waals surface area (Å²) in [6, 6.07) is 15.8. The summed E-state index contributed by atoms with van der Waals surface area (Å²) in [6.45, 7) is 23.3. The number of rotatable bonds is 10. The number of carbonyl (C=O) groups is 5. The van der Waals surface area contributed by atoms with Crippen LogP contribution in [0.2, 0.25) is 0 Å². The van der Waals surface area contributed by atoms with Gasteiger partial charge in [-0.2, -0.15) is 10.00 Å². The Morgan fingerprint density at radius 3 is 1.88 bits per heavy atom. The Balaban J connectivity index is 1.41. The van der Waals surface area contributed by atoms with Crippen LogP contribution in [0.3, 0.4) is 0 Å². The first-order valence-electron chi connectivity index (χ1n) is 24.3. The lowest BCUT2D eigenvalue weighted by Gasteiger charge is -2.41. The minimum Gasteiger partial charge on any atom is -0.488 e. The van der Waals surface area contributed by atoms with Crippen LogP contribution in [0.15, 0.2) is 66.9 Å². The van der Waals surface area contributed by atoms with Crippen LogP contribution in [0.25, 0.3) is 16.6 Å². The predicted octanol–water partition coefficient (Wildman–Crippen LogP) is 12.5. The van der Waals surface area contributed by atoms with Crippen LogP contribution in [0.1, 0.15) is 137 Å². The molecule has 1 aliphatic heterocycles. The van der Waals surface area contributed by atoms with E-state index in [0.29, 0.717) is 21.9 Å². The Morgan fingerprint density at radius 2 is 1.32 bits per heavy atom. The number of benzene rings is 3. The summed E-state index contributed by atoms with van der Waals surface area (Å²) in [4.78, 5) is 75.6. The number of ether oxygens (including phenoxy) is 6.